The largest absolute Gasteiger partial charge is 0.504 e. The number of aliphatic hydroxyl groups excluding tert-OH is 2. The number of hydrogen-bond donors (Lipinski definition) is 3. The van der Waals surface area contributed by atoms with E-state index in [-0.39, 0.29) is 11.9 Å². The summed E-state index contributed by atoms with van der Waals surface area (Å²) in [6.07, 6.45) is 2.76. The highest BCUT2D eigenvalue weighted by atomic mass is 16.5. The van der Waals surface area contributed by atoms with E-state index in [0.29, 0.717) is 16.9 Å². The molecule has 0 aromatic heterocycles. The van der Waals surface area contributed by atoms with Crippen molar-refractivity contribution in [3.63, 3.8) is 0 Å². The first kappa shape index (κ1) is 8.83. The van der Waals surface area contributed by atoms with Crippen molar-refractivity contribution in [2.75, 3.05) is 7.11 Å². The molecule has 0 saturated carbocycles. The molecule has 0 spiro atoms. The number of aliphatic hydroxyl groups is 2. The van der Waals surface area contributed by atoms with Crippen LogP contribution in [0.25, 0.3) is 0 Å². The Balaban J connectivity index is 0.000000720. The molecule has 5 N–H and O–H groups in total. The molecule has 0 saturated heterocycles. The maximum absolute atomic E-state index is 9.38. The van der Waals surface area contributed by atoms with Crippen LogP contribution in [0.4, 0.5) is 0 Å². The van der Waals surface area contributed by atoms with Crippen LogP contribution in [0, 0.1) is 0 Å². The summed E-state index contributed by atoms with van der Waals surface area (Å²) >= 11 is 0. The van der Waals surface area contributed by atoms with Crippen LogP contribution in [0.2, 0.25) is 0 Å². The molecule has 0 fully saturated rings. The minimum atomic E-state index is -0.676. The Morgan fingerprint density at radius 1 is 1.33 bits per heavy atom. The minimum absolute atomic E-state index is 0. The highest BCUT2D eigenvalue weighted by Crippen LogP contribution is 2.37. The van der Waals surface area contributed by atoms with Gasteiger partial charge in [-0.25, -0.2) is 0 Å². The molecule has 2 rings (SSSR count). The minimum Gasteiger partial charge on any atom is -0.504 e. The maximum atomic E-state index is 9.38. The van der Waals surface area contributed by atoms with Gasteiger partial charge in [0.1, 0.15) is 6.10 Å². The molecule has 66 valence electrons. The van der Waals surface area contributed by atoms with Crippen molar-refractivity contribution in [3.8, 4) is 0 Å². The normalized spacial score (nSPS) is 25.0. The highest BCUT2D eigenvalue weighted by Gasteiger charge is 2.34. The van der Waals surface area contributed by atoms with Gasteiger partial charge in [0.25, 0.3) is 0 Å². The van der Waals surface area contributed by atoms with Crippen molar-refractivity contribution < 1.29 is 14.9 Å². The van der Waals surface area contributed by atoms with Crippen molar-refractivity contribution in [1.82, 2.24) is 6.15 Å². The lowest BCUT2D eigenvalue weighted by molar-refractivity contribution is 0.247. The number of fused-ring (bicyclic) bond motifs is 2. The molecule has 0 aromatic carbocycles. The van der Waals surface area contributed by atoms with Crippen LogP contribution in [0.3, 0.4) is 0 Å². The predicted octanol–water partition coefficient (Wildman–Crippen LogP) is 0.805. The molecule has 4 heteroatoms. The molecule has 0 aromatic rings. The monoisotopic (exact) mass is 169 g/mol. The fraction of sp³-hybridized carbons (Fsp3) is 0.250. The number of hydrogen-bond acceptors (Lipinski definition) is 4. The molecular weight excluding hydrogens is 158 g/mol. The Labute approximate surface area is 70.1 Å². The standard InChI is InChI=1S/C8H8O3.H3N/c1-11-8-5-3-2-4(6(5)9)7(8)10;/h2-3,6,9-10H,1H3;1H3. The molecule has 0 amide bonds. The van der Waals surface area contributed by atoms with E-state index in [1.165, 1.54) is 7.11 Å². The van der Waals surface area contributed by atoms with Crippen LogP contribution in [-0.2, 0) is 4.74 Å². The van der Waals surface area contributed by atoms with Gasteiger partial charge < -0.3 is 21.1 Å². The molecule has 1 unspecified atom stereocenters. The van der Waals surface area contributed by atoms with E-state index in [1.54, 1.807) is 12.2 Å². The topological polar surface area (TPSA) is 84.7 Å². The Bertz CT molecular complexity index is 301. The molecule has 2 aliphatic carbocycles. The second kappa shape index (κ2) is 2.66. The van der Waals surface area contributed by atoms with Gasteiger partial charge in [0.15, 0.2) is 11.5 Å². The summed E-state index contributed by atoms with van der Waals surface area (Å²) in [5.74, 6) is 0.465. The van der Waals surface area contributed by atoms with Gasteiger partial charge in [0.05, 0.1) is 7.11 Å². The Morgan fingerprint density at radius 3 is 2.25 bits per heavy atom. The van der Waals surface area contributed by atoms with Gasteiger partial charge >= 0.3 is 0 Å². The molecule has 0 heterocycles. The summed E-state index contributed by atoms with van der Waals surface area (Å²) < 4.78 is 4.89. The van der Waals surface area contributed by atoms with Gasteiger partial charge in [-0.3, -0.25) is 0 Å². The fourth-order valence-electron chi connectivity index (χ4n) is 1.42. The van der Waals surface area contributed by atoms with E-state index in [9.17, 15) is 10.2 Å². The molecular formula is C8H11NO3. The first-order valence-corrected chi connectivity index (χ1v) is 3.33. The molecule has 0 radical (unpaired) electrons. The van der Waals surface area contributed by atoms with Crippen LogP contribution in [0.15, 0.2) is 34.8 Å². The first-order chi connectivity index (χ1) is 5.25. The zero-order chi connectivity index (χ0) is 8.01. The quantitative estimate of drug-likeness (QED) is 0.542. The highest BCUT2D eigenvalue weighted by molar-refractivity contribution is 5.59. The Morgan fingerprint density at radius 2 is 1.92 bits per heavy atom. The van der Waals surface area contributed by atoms with Crippen LogP contribution in [0.5, 0.6) is 0 Å². The van der Waals surface area contributed by atoms with Crippen LogP contribution < -0.4 is 6.15 Å². The van der Waals surface area contributed by atoms with Crippen molar-refractivity contribution >= 4 is 0 Å². The van der Waals surface area contributed by atoms with Crippen LogP contribution >= 0.6 is 0 Å². The fourth-order valence-corrected chi connectivity index (χ4v) is 1.42. The molecule has 12 heavy (non-hydrogen) atoms. The summed E-state index contributed by atoms with van der Waals surface area (Å²) in [5, 5.41) is 18.7. The maximum Gasteiger partial charge on any atom is 0.167 e. The van der Waals surface area contributed by atoms with Crippen LogP contribution in [-0.4, -0.2) is 23.4 Å². The molecule has 2 bridgehead atoms. The number of ether oxygens (including phenoxy) is 1. The van der Waals surface area contributed by atoms with Crippen LogP contribution in [0.1, 0.15) is 0 Å². The van der Waals surface area contributed by atoms with Gasteiger partial charge in [-0.15, -0.1) is 0 Å². The summed E-state index contributed by atoms with van der Waals surface area (Å²) in [6, 6.07) is 0. The zero-order valence-corrected chi connectivity index (χ0v) is 6.74. The van der Waals surface area contributed by atoms with Crippen molar-refractivity contribution in [1.29, 1.82) is 0 Å². The van der Waals surface area contributed by atoms with Gasteiger partial charge in [-0.2, -0.15) is 0 Å². The second-order valence-electron chi connectivity index (χ2n) is 2.53. The van der Waals surface area contributed by atoms with E-state index >= 15 is 0 Å². The lowest BCUT2D eigenvalue weighted by atomic mass is 10.2. The molecule has 0 aliphatic heterocycles. The summed E-state index contributed by atoms with van der Waals surface area (Å²) in [5.41, 5.74) is 1.19. The molecule has 1 atom stereocenters. The van der Waals surface area contributed by atoms with E-state index in [4.69, 9.17) is 4.74 Å². The Kier molecular flexibility index (Phi) is 1.95. The smallest absolute Gasteiger partial charge is 0.167 e. The van der Waals surface area contributed by atoms with E-state index in [1.807, 2.05) is 0 Å². The van der Waals surface area contributed by atoms with E-state index in [0.717, 1.165) is 0 Å². The summed E-state index contributed by atoms with van der Waals surface area (Å²) in [7, 11) is 1.47. The molecule has 2 aliphatic rings. The van der Waals surface area contributed by atoms with Crippen molar-refractivity contribution in [3.05, 3.63) is 34.8 Å². The third-order valence-electron chi connectivity index (χ3n) is 1.99. The predicted molar refractivity (Wildman–Crippen MR) is 43.9 cm³/mol. The van der Waals surface area contributed by atoms with Gasteiger partial charge in [0.2, 0.25) is 0 Å². The van der Waals surface area contributed by atoms with E-state index in [2.05, 4.69) is 0 Å². The number of methoxy groups -OCH3 is 1. The van der Waals surface area contributed by atoms with Gasteiger partial charge in [0, 0.05) is 11.1 Å². The second-order valence-corrected chi connectivity index (χ2v) is 2.53. The average Bonchev–Trinajstić information content (AvgIpc) is 2.44. The van der Waals surface area contributed by atoms with Gasteiger partial charge in [-0.1, -0.05) is 12.2 Å². The summed E-state index contributed by atoms with van der Waals surface area (Å²) in [6.45, 7) is 0. The third-order valence-corrected chi connectivity index (χ3v) is 1.99. The third kappa shape index (κ3) is 0.790. The molecule has 4 nitrogen and oxygen atoms in total. The van der Waals surface area contributed by atoms with Crippen molar-refractivity contribution in [2.24, 2.45) is 0 Å². The lowest BCUT2D eigenvalue weighted by Crippen LogP contribution is -2.02. The first-order valence-electron chi connectivity index (χ1n) is 3.33. The Hall–Kier alpha value is -1.26. The number of rotatable bonds is 1. The zero-order valence-electron chi connectivity index (χ0n) is 6.74. The lowest BCUT2D eigenvalue weighted by Gasteiger charge is -2.03. The van der Waals surface area contributed by atoms with Crippen molar-refractivity contribution in [2.45, 2.75) is 6.10 Å². The van der Waals surface area contributed by atoms with Gasteiger partial charge in [-0.05, 0) is 0 Å². The average molecular weight is 169 g/mol. The van der Waals surface area contributed by atoms with E-state index < -0.39 is 6.10 Å². The SMILES string of the molecule is COC1=C2C=CC(=C1O)C2O.N. The summed E-state index contributed by atoms with van der Waals surface area (Å²) in [4.78, 5) is 0.